The molecule has 0 rings (SSSR count). The van der Waals surface area contributed by atoms with Gasteiger partial charge in [0.15, 0.2) is 6.10 Å². The van der Waals surface area contributed by atoms with E-state index in [9.17, 15) is 14.4 Å². The lowest BCUT2D eigenvalue weighted by Crippen LogP contribution is -2.30. The lowest BCUT2D eigenvalue weighted by atomic mass is 10.0. The van der Waals surface area contributed by atoms with Crippen molar-refractivity contribution in [1.82, 2.24) is 0 Å². The third-order valence-corrected chi connectivity index (χ3v) is 13.6. The molecule has 0 bridgehead atoms. The molecular weight excluding hydrogens is 925 g/mol. The molecule has 0 aromatic carbocycles. The molecular formula is C69H118O6. The molecule has 0 aromatic heterocycles. The molecule has 430 valence electrons. The minimum Gasteiger partial charge on any atom is -0.462 e. The Bertz CT molecular complexity index is 1480. The summed E-state index contributed by atoms with van der Waals surface area (Å²) in [6, 6.07) is 0. The van der Waals surface area contributed by atoms with Crippen LogP contribution in [0.3, 0.4) is 0 Å². The fraction of sp³-hybridized carbons (Fsp3) is 0.725. The highest BCUT2D eigenvalue weighted by atomic mass is 16.6. The average molecular weight is 1040 g/mol. The average Bonchev–Trinajstić information content (AvgIpc) is 3.41. The predicted octanol–water partition coefficient (Wildman–Crippen LogP) is 21.7. The molecule has 1 unspecified atom stereocenters. The van der Waals surface area contributed by atoms with Gasteiger partial charge in [-0.2, -0.15) is 0 Å². The number of carbonyl (C=O) groups excluding carboxylic acids is 3. The van der Waals surface area contributed by atoms with Crippen LogP contribution in [0.15, 0.2) is 97.2 Å². The molecule has 0 saturated heterocycles. The van der Waals surface area contributed by atoms with E-state index in [1.54, 1.807) is 0 Å². The van der Waals surface area contributed by atoms with Crippen molar-refractivity contribution in [3.63, 3.8) is 0 Å². The van der Waals surface area contributed by atoms with Gasteiger partial charge in [0, 0.05) is 19.3 Å². The summed E-state index contributed by atoms with van der Waals surface area (Å²) in [5.74, 6) is -0.947. The lowest BCUT2D eigenvalue weighted by molar-refractivity contribution is -0.167. The Labute approximate surface area is 464 Å². The first-order chi connectivity index (χ1) is 37.0. The van der Waals surface area contributed by atoms with Gasteiger partial charge in [0.2, 0.25) is 0 Å². The summed E-state index contributed by atoms with van der Waals surface area (Å²) >= 11 is 0. The first kappa shape index (κ1) is 71.3. The smallest absolute Gasteiger partial charge is 0.306 e. The van der Waals surface area contributed by atoms with Crippen LogP contribution in [0.25, 0.3) is 0 Å². The van der Waals surface area contributed by atoms with Crippen LogP contribution in [0.5, 0.6) is 0 Å². The molecule has 0 N–H and O–H groups in total. The first-order valence-corrected chi connectivity index (χ1v) is 31.7. The molecule has 0 aromatic rings. The van der Waals surface area contributed by atoms with Crippen LogP contribution in [0.2, 0.25) is 0 Å². The van der Waals surface area contributed by atoms with Crippen LogP contribution in [-0.4, -0.2) is 37.2 Å². The fourth-order valence-corrected chi connectivity index (χ4v) is 8.84. The van der Waals surface area contributed by atoms with E-state index in [-0.39, 0.29) is 37.5 Å². The number of hydrogen-bond donors (Lipinski definition) is 0. The third kappa shape index (κ3) is 61.1. The van der Waals surface area contributed by atoms with Gasteiger partial charge in [0.05, 0.1) is 0 Å². The largest absolute Gasteiger partial charge is 0.462 e. The molecule has 75 heavy (non-hydrogen) atoms. The Hall–Kier alpha value is -3.67. The zero-order chi connectivity index (χ0) is 54.3. The Morgan fingerprint density at radius 1 is 0.280 bits per heavy atom. The molecule has 0 heterocycles. The first-order valence-electron chi connectivity index (χ1n) is 31.7. The van der Waals surface area contributed by atoms with E-state index in [0.717, 1.165) is 89.9 Å². The number of carbonyl (C=O) groups is 3. The van der Waals surface area contributed by atoms with E-state index in [4.69, 9.17) is 14.2 Å². The van der Waals surface area contributed by atoms with Crippen molar-refractivity contribution in [3.8, 4) is 0 Å². The van der Waals surface area contributed by atoms with Crippen LogP contribution in [0.4, 0.5) is 0 Å². The van der Waals surface area contributed by atoms with Crippen molar-refractivity contribution in [2.24, 2.45) is 0 Å². The van der Waals surface area contributed by atoms with Gasteiger partial charge >= 0.3 is 17.9 Å². The quantitative estimate of drug-likeness (QED) is 0.0261. The summed E-state index contributed by atoms with van der Waals surface area (Å²) in [7, 11) is 0. The molecule has 0 spiro atoms. The van der Waals surface area contributed by atoms with E-state index in [0.29, 0.717) is 19.3 Å². The Balaban J connectivity index is 4.46. The summed E-state index contributed by atoms with van der Waals surface area (Å²) in [5, 5.41) is 0. The van der Waals surface area contributed by atoms with Gasteiger partial charge in [-0.1, -0.05) is 285 Å². The zero-order valence-electron chi connectivity index (χ0n) is 49.3. The molecule has 6 heteroatoms. The van der Waals surface area contributed by atoms with Gasteiger partial charge in [0.25, 0.3) is 0 Å². The second-order valence-corrected chi connectivity index (χ2v) is 20.9. The maximum absolute atomic E-state index is 12.9. The summed E-state index contributed by atoms with van der Waals surface area (Å²) in [6.07, 6.45) is 84.1. The molecule has 1 atom stereocenters. The molecule has 0 radical (unpaired) electrons. The predicted molar refractivity (Wildman–Crippen MR) is 325 cm³/mol. The number of esters is 3. The summed E-state index contributed by atoms with van der Waals surface area (Å²) in [5.41, 5.74) is 0. The molecule has 0 aliphatic heterocycles. The maximum Gasteiger partial charge on any atom is 0.306 e. The Morgan fingerprint density at radius 3 is 0.880 bits per heavy atom. The summed E-state index contributed by atoms with van der Waals surface area (Å²) in [6.45, 7) is 6.50. The molecule has 0 amide bonds. The number of ether oxygens (including phenoxy) is 3. The highest BCUT2D eigenvalue weighted by Crippen LogP contribution is 2.16. The molecule has 0 aliphatic rings. The SMILES string of the molecule is CC/C=C\C/C=C\C/C=C\C/C=C\C/C=C\C/C=C\C/C=C\CCCC(=O)OCC(COC(=O)CCCCCCCCCCCCCCCCC)OC(=O)CCCCCCCCCCC/C=C\CCCCCCCC. The second-order valence-electron chi connectivity index (χ2n) is 20.9. The second kappa shape index (κ2) is 62.9. The molecule has 0 saturated carbocycles. The van der Waals surface area contributed by atoms with Crippen LogP contribution >= 0.6 is 0 Å². The molecule has 0 fully saturated rings. The van der Waals surface area contributed by atoms with Gasteiger partial charge in [-0.05, 0) is 96.3 Å². The van der Waals surface area contributed by atoms with Gasteiger partial charge < -0.3 is 14.2 Å². The van der Waals surface area contributed by atoms with Gasteiger partial charge in [0.1, 0.15) is 13.2 Å². The van der Waals surface area contributed by atoms with E-state index in [2.05, 4.69) is 118 Å². The summed E-state index contributed by atoms with van der Waals surface area (Å²) < 4.78 is 16.9. The monoisotopic (exact) mass is 1040 g/mol. The van der Waals surface area contributed by atoms with Crippen molar-refractivity contribution in [2.75, 3.05) is 13.2 Å². The highest BCUT2D eigenvalue weighted by Gasteiger charge is 2.19. The van der Waals surface area contributed by atoms with E-state index >= 15 is 0 Å². The van der Waals surface area contributed by atoms with Crippen molar-refractivity contribution in [1.29, 1.82) is 0 Å². The standard InChI is InChI=1S/C69H118O6/c1-4-7-10-13-16-19-22-25-28-30-32-33-34-35-37-38-41-44-47-50-53-56-59-62-68(71)74-65-66(64-73-67(70)61-58-55-52-49-46-43-40-27-24-21-18-15-12-9-6-3)75-69(72)63-60-57-54-51-48-45-42-39-36-31-29-26-23-20-17-14-11-8-5-2/h7,10,16,19,25-26,28-29,32-33,35,37,41,44,50,53,66H,4-6,8-9,11-15,17-18,20-24,27,30-31,34,36,38-40,42-43,45-49,51-52,54-65H2,1-3H3/b10-7-,19-16-,28-25-,29-26-,33-32-,37-35-,44-41-,53-50-. The van der Waals surface area contributed by atoms with Crippen molar-refractivity contribution >= 4 is 17.9 Å². The van der Waals surface area contributed by atoms with E-state index in [1.165, 1.54) is 167 Å². The van der Waals surface area contributed by atoms with Crippen LogP contribution in [-0.2, 0) is 28.6 Å². The van der Waals surface area contributed by atoms with Gasteiger partial charge in [-0.3, -0.25) is 14.4 Å². The van der Waals surface area contributed by atoms with Crippen LogP contribution in [0, 0.1) is 0 Å². The lowest BCUT2D eigenvalue weighted by Gasteiger charge is -2.18. The van der Waals surface area contributed by atoms with Crippen LogP contribution < -0.4 is 0 Å². The molecule has 0 aliphatic carbocycles. The number of hydrogen-bond acceptors (Lipinski definition) is 6. The van der Waals surface area contributed by atoms with E-state index < -0.39 is 6.10 Å². The fourth-order valence-electron chi connectivity index (χ4n) is 8.84. The van der Waals surface area contributed by atoms with Crippen LogP contribution in [0.1, 0.15) is 303 Å². The van der Waals surface area contributed by atoms with Gasteiger partial charge in [-0.25, -0.2) is 0 Å². The topological polar surface area (TPSA) is 78.9 Å². The minimum atomic E-state index is -0.802. The van der Waals surface area contributed by atoms with Crippen molar-refractivity contribution < 1.29 is 28.6 Å². The number of unbranched alkanes of at least 4 members (excludes halogenated alkanes) is 30. The highest BCUT2D eigenvalue weighted by molar-refractivity contribution is 5.71. The zero-order valence-corrected chi connectivity index (χ0v) is 49.3. The van der Waals surface area contributed by atoms with Gasteiger partial charge in [-0.15, -0.1) is 0 Å². The van der Waals surface area contributed by atoms with E-state index in [1.807, 2.05) is 0 Å². The van der Waals surface area contributed by atoms with Crippen molar-refractivity contribution in [3.05, 3.63) is 97.2 Å². The minimum absolute atomic E-state index is 0.0938. The maximum atomic E-state index is 12.9. The molecule has 6 nitrogen and oxygen atoms in total. The van der Waals surface area contributed by atoms with Crippen molar-refractivity contribution in [2.45, 2.75) is 309 Å². The Morgan fingerprint density at radius 2 is 0.533 bits per heavy atom. The Kier molecular flexibility index (Phi) is 59.8. The number of allylic oxidation sites excluding steroid dienone is 16. The summed E-state index contributed by atoms with van der Waals surface area (Å²) in [4.78, 5) is 38.3. The normalized spacial score (nSPS) is 12.7. The number of rotatable bonds is 57. The third-order valence-electron chi connectivity index (χ3n) is 13.6.